The van der Waals surface area contributed by atoms with Gasteiger partial charge in [0.05, 0.1) is 6.04 Å². The molecule has 0 aliphatic carbocycles. The molecule has 0 spiro atoms. The minimum Gasteiger partial charge on any atom is -0.423 e. The summed E-state index contributed by atoms with van der Waals surface area (Å²) in [5, 5.41) is 14.2. The lowest BCUT2D eigenvalue weighted by Crippen LogP contribution is -2.58. The van der Waals surface area contributed by atoms with Crippen molar-refractivity contribution < 1.29 is 33.2 Å². The van der Waals surface area contributed by atoms with Gasteiger partial charge in [-0.15, -0.1) is 0 Å². The second-order valence-electron chi connectivity index (χ2n) is 15.0. The molecule has 1 aromatic carbocycles. The van der Waals surface area contributed by atoms with Crippen LogP contribution in [0.2, 0.25) is 0 Å². The lowest BCUT2D eigenvalue weighted by atomic mass is 10.0. The summed E-state index contributed by atoms with van der Waals surface area (Å²) in [6.45, 7) is 6.36. The van der Waals surface area contributed by atoms with Crippen LogP contribution in [-0.4, -0.2) is 91.2 Å². The first-order chi connectivity index (χ1) is 27.9. The molecule has 5 atom stereocenters. The Balaban J connectivity index is 2.34. The second kappa shape index (κ2) is 25.7. The number of amides is 6. The molecule has 0 aliphatic heterocycles. The molecule has 0 bridgehead atoms. The molecule has 1 aromatic heterocycles. The summed E-state index contributed by atoms with van der Waals surface area (Å²) in [5.41, 5.74) is 34.3. The Morgan fingerprint density at radius 1 is 0.695 bits per heavy atom. The number of benzene rings is 1. The predicted octanol–water partition coefficient (Wildman–Crippen LogP) is -1.07. The summed E-state index contributed by atoms with van der Waals surface area (Å²) in [7, 11) is 0. The SMILES string of the molecule is Cc1cc(=O)oc2cc(NC(=O)[C@H](CCCN=C(N)N)NC(=O)[C@H](CC(C)C)NC(=O)[C@H](CCCCN)NC(=O)[C@H](CCC(N)=O)NC(=O)[C@@H](N)CCCCN)ccc12. The Bertz CT molecular complexity index is 1810. The van der Waals surface area contributed by atoms with Gasteiger partial charge in [0.25, 0.3) is 0 Å². The van der Waals surface area contributed by atoms with E-state index in [1.807, 2.05) is 13.8 Å². The number of hydrogen-bond acceptors (Lipinski definition) is 12. The van der Waals surface area contributed by atoms with E-state index in [0.29, 0.717) is 68.3 Å². The highest BCUT2D eigenvalue weighted by molar-refractivity contribution is 6.00. The zero-order valence-corrected chi connectivity index (χ0v) is 34.4. The minimum atomic E-state index is -1.25. The first-order valence-corrected chi connectivity index (χ1v) is 20.0. The summed E-state index contributed by atoms with van der Waals surface area (Å²) in [6, 6.07) is 0.532. The number of hydrogen-bond donors (Lipinski definition) is 11. The summed E-state index contributed by atoms with van der Waals surface area (Å²) < 4.78 is 5.31. The third kappa shape index (κ3) is 18.3. The Morgan fingerprint density at radius 3 is 1.83 bits per heavy atom. The highest BCUT2D eigenvalue weighted by atomic mass is 16.4. The highest BCUT2D eigenvalue weighted by Gasteiger charge is 2.32. The maximum absolute atomic E-state index is 14.0. The standard InChI is InChI=1S/C39H64N12O8/c1-22(2)19-30(38(58)50-28(11-8-18-46-39(44)45)35(55)47-24-12-13-25-23(3)20-33(53)59-31(25)21-24)51-36(56)27(10-5-7-17-41)49-37(57)29(14-15-32(43)52)48-34(54)26(42)9-4-6-16-40/h12-13,20-22,26-30H,4-11,14-19,40-42H2,1-3H3,(H2,43,52)(H,47,55)(H,48,54)(H,49,57)(H,50,58)(H,51,56)(H4,44,45,46)/t26-,27-,28-,29-,30-/m0/s1. The fourth-order valence-corrected chi connectivity index (χ4v) is 6.16. The average molecular weight is 829 g/mol. The van der Waals surface area contributed by atoms with E-state index in [-0.39, 0.29) is 56.1 Å². The number of aliphatic imine (C=N–C) groups is 1. The molecule has 2 aromatic rings. The van der Waals surface area contributed by atoms with E-state index < -0.39 is 71.3 Å². The van der Waals surface area contributed by atoms with Gasteiger partial charge in [-0.25, -0.2) is 4.79 Å². The normalized spacial score (nSPS) is 13.7. The van der Waals surface area contributed by atoms with E-state index in [2.05, 4.69) is 31.6 Å². The number of anilines is 1. The van der Waals surface area contributed by atoms with Crippen LogP contribution < -0.4 is 66.6 Å². The highest BCUT2D eigenvalue weighted by Crippen LogP contribution is 2.21. The predicted molar refractivity (Wildman–Crippen MR) is 225 cm³/mol. The van der Waals surface area contributed by atoms with Crippen LogP contribution in [0.15, 0.2) is 38.5 Å². The number of fused-ring (bicyclic) bond motifs is 1. The van der Waals surface area contributed by atoms with E-state index >= 15 is 0 Å². The third-order valence-electron chi connectivity index (χ3n) is 9.34. The van der Waals surface area contributed by atoms with Crippen LogP contribution in [0.5, 0.6) is 0 Å². The van der Waals surface area contributed by atoms with E-state index in [1.54, 1.807) is 19.1 Å². The fraction of sp³-hybridized carbons (Fsp3) is 0.590. The van der Waals surface area contributed by atoms with Gasteiger partial charge >= 0.3 is 5.63 Å². The lowest BCUT2D eigenvalue weighted by molar-refractivity contribution is -0.135. The number of nitrogens with one attached hydrogen (secondary N) is 5. The maximum Gasteiger partial charge on any atom is 0.336 e. The van der Waals surface area contributed by atoms with Crippen molar-refractivity contribution in [1.29, 1.82) is 0 Å². The molecule has 0 saturated carbocycles. The molecular weight excluding hydrogens is 765 g/mol. The van der Waals surface area contributed by atoms with Crippen molar-refractivity contribution in [1.82, 2.24) is 21.3 Å². The number of rotatable bonds is 27. The van der Waals surface area contributed by atoms with E-state index in [4.69, 9.17) is 38.8 Å². The molecule has 328 valence electrons. The number of carbonyl (C=O) groups excluding carboxylic acids is 6. The Morgan fingerprint density at radius 2 is 1.24 bits per heavy atom. The van der Waals surface area contributed by atoms with Gasteiger partial charge in [-0.3, -0.25) is 33.8 Å². The van der Waals surface area contributed by atoms with Crippen LogP contribution in [-0.2, 0) is 28.8 Å². The van der Waals surface area contributed by atoms with E-state index in [9.17, 15) is 33.6 Å². The van der Waals surface area contributed by atoms with Gasteiger partial charge < -0.3 is 65.4 Å². The monoisotopic (exact) mass is 828 g/mol. The molecule has 0 fully saturated rings. The molecule has 20 nitrogen and oxygen atoms in total. The van der Waals surface area contributed by atoms with Gasteiger partial charge in [0, 0.05) is 36.2 Å². The zero-order valence-electron chi connectivity index (χ0n) is 34.4. The molecule has 6 amide bonds. The molecule has 0 radical (unpaired) electrons. The molecule has 0 saturated heterocycles. The Labute approximate surface area is 344 Å². The molecule has 20 heteroatoms. The number of guanidine groups is 1. The van der Waals surface area contributed by atoms with Crippen molar-refractivity contribution in [2.24, 2.45) is 45.3 Å². The van der Waals surface area contributed by atoms with Gasteiger partial charge in [0.2, 0.25) is 35.4 Å². The number of unbranched alkanes of at least 4 members (excludes halogenated alkanes) is 2. The topological polar surface area (TPSA) is 361 Å². The van der Waals surface area contributed by atoms with Crippen molar-refractivity contribution in [3.63, 3.8) is 0 Å². The number of primary amides is 1. The zero-order chi connectivity index (χ0) is 44.1. The van der Waals surface area contributed by atoms with Crippen LogP contribution >= 0.6 is 0 Å². The molecule has 0 aliphatic rings. The fourth-order valence-electron chi connectivity index (χ4n) is 6.16. The van der Waals surface area contributed by atoms with Gasteiger partial charge in [-0.05, 0) is 101 Å². The minimum absolute atomic E-state index is 0.103. The number of aryl methyl sites for hydroxylation is 1. The second-order valence-corrected chi connectivity index (χ2v) is 15.0. The van der Waals surface area contributed by atoms with Crippen molar-refractivity contribution >= 4 is 58.1 Å². The first-order valence-electron chi connectivity index (χ1n) is 20.0. The van der Waals surface area contributed by atoms with Crippen LogP contribution in [0.4, 0.5) is 5.69 Å². The van der Waals surface area contributed by atoms with Crippen LogP contribution in [0, 0.1) is 12.8 Å². The molecule has 2 rings (SSSR count). The smallest absolute Gasteiger partial charge is 0.336 e. The van der Waals surface area contributed by atoms with Crippen molar-refractivity contribution in [2.75, 3.05) is 25.0 Å². The first kappa shape index (κ1) is 49.5. The van der Waals surface area contributed by atoms with Gasteiger partial charge in [0.15, 0.2) is 5.96 Å². The third-order valence-corrected chi connectivity index (χ3v) is 9.34. The van der Waals surface area contributed by atoms with Crippen molar-refractivity contribution in [3.05, 3.63) is 40.2 Å². The van der Waals surface area contributed by atoms with Crippen LogP contribution in [0.1, 0.15) is 90.0 Å². The number of nitrogens with two attached hydrogens (primary N) is 6. The van der Waals surface area contributed by atoms with Gasteiger partial charge in [-0.2, -0.15) is 0 Å². The molecule has 59 heavy (non-hydrogen) atoms. The summed E-state index contributed by atoms with van der Waals surface area (Å²) >= 11 is 0. The number of nitrogens with zero attached hydrogens (tertiary/aromatic N) is 1. The van der Waals surface area contributed by atoms with E-state index in [1.165, 1.54) is 12.1 Å². The summed E-state index contributed by atoms with van der Waals surface area (Å²) in [5.74, 6) is -4.29. The molecule has 17 N–H and O–H groups in total. The Kier molecular flexibility index (Phi) is 21.6. The van der Waals surface area contributed by atoms with Crippen molar-refractivity contribution in [2.45, 2.75) is 122 Å². The van der Waals surface area contributed by atoms with Gasteiger partial charge in [0.1, 0.15) is 29.8 Å². The average Bonchev–Trinajstić information content (AvgIpc) is 3.16. The lowest BCUT2D eigenvalue weighted by Gasteiger charge is -2.27. The molecule has 0 unspecified atom stereocenters. The van der Waals surface area contributed by atoms with E-state index in [0.717, 1.165) is 0 Å². The van der Waals surface area contributed by atoms with Crippen molar-refractivity contribution in [3.8, 4) is 0 Å². The maximum atomic E-state index is 14.0. The van der Waals surface area contributed by atoms with Gasteiger partial charge in [-0.1, -0.05) is 20.3 Å². The molecular formula is C39H64N12O8. The Hall–Kier alpha value is -5.60. The quantitative estimate of drug-likeness (QED) is 0.0221. The van der Waals surface area contributed by atoms with Crippen LogP contribution in [0.3, 0.4) is 0 Å². The summed E-state index contributed by atoms with van der Waals surface area (Å²) in [6.07, 6.45) is 2.80. The number of carbonyl (C=O) groups is 6. The largest absolute Gasteiger partial charge is 0.423 e. The van der Waals surface area contributed by atoms with Crippen LogP contribution in [0.25, 0.3) is 11.0 Å². The summed E-state index contributed by atoms with van der Waals surface area (Å²) in [4.78, 5) is 95.8. The molecule has 1 heterocycles.